The second kappa shape index (κ2) is 5.86. The monoisotopic (exact) mass is 213 g/mol. The maximum Gasteiger partial charge on any atom is 0.0448 e. The first-order chi connectivity index (χ1) is 7.07. The van der Waals surface area contributed by atoms with Crippen LogP contribution in [0.4, 0.5) is 0 Å². The molecule has 0 atom stereocenters. The summed E-state index contributed by atoms with van der Waals surface area (Å²) in [5.41, 5.74) is 0.0957. The van der Waals surface area contributed by atoms with E-state index in [1.54, 1.807) is 0 Å². The van der Waals surface area contributed by atoms with Gasteiger partial charge >= 0.3 is 0 Å². The minimum atomic E-state index is 0.0957. The molecule has 1 aliphatic carbocycles. The zero-order valence-corrected chi connectivity index (χ0v) is 10.6. The highest BCUT2D eigenvalue weighted by Gasteiger charge is 2.25. The van der Waals surface area contributed by atoms with Crippen molar-refractivity contribution in [2.24, 2.45) is 5.92 Å². The lowest BCUT2D eigenvalue weighted by atomic mass is 9.83. The van der Waals surface area contributed by atoms with Crippen LogP contribution < -0.4 is 5.32 Å². The Hall–Kier alpha value is -0.0800. The maximum atomic E-state index is 8.97. The molecule has 0 aliphatic heterocycles. The Labute approximate surface area is 94.5 Å². The molecule has 0 aromatic heterocycles. The summed E-state index contributed by atoms with van der Waals surface area (Å²) in [4.78, 5) is 0. The van der Waals surface area contributed by atoms with Crippen molar-refractivity contribution in [3.8, 4) is 0 Å². The van der Waals surface area contributed by atoms with Gasteiger partial charge in [-0.05, 0) is 51.9 Å². The molecule has 0 spiro atoms. The van der Waals surface area contributed by atoms with E-state index in [-0.39, 0.29) is 12.1 Å². The molecule has 0 aromatic rings. The number of hydrogen-bond donors (Lipinski definition) is 2. The lowest BCUT2D eigenvalue weighted by molar-refractivity contribution is 0.193. The predicted octanol–water partition coefficient (Wildman–Crippen LogP) is 2.71. The summed E-state index contributed by atoms with van der Waals surface area (Å²) in [7, 11) is 0. The standard InChI is InChI=1S/C13H27NO/c1-4-11-5-7-12(8-6-11)14-13(2,3)9-10-15/h11-12,14-15H,4-10H2,1-3H3. The fourth-order valence-electron chi connectivity index (χ4n) is 2.62. The third-order valence-electron chi connectivity index (χ3n) is 3.76. The van der Waals surface area contributed by atoms with Gasteiger partial charge in [0.25, 0.3) is 0 Å². The quantitative estimate of drug-likeness (QED) is 0.736. The van der Waals surface area contributed by atoms with Crippen molar-refractivity contribution in [2.45, 2.75) is 70.9 Å². The largest absolute Gasteiger partial charge is 0.396 e. The van der Waals surface area contributed by atoms with Gasteiger partial charge in [0.2, 0.25) is 0 Å². The summed E-state index contributed by atoms with van der Waals surface area (Å²) in [5.74, 6) is 0.962. The topological polar surface area (TPSA) is 32.3 Å². The van der Waals surface area contributed by atoms with Crippen molar-refractivity contribution in [1.82, 2.24) is 5.32 Å². The van der Waals surface area contributed by atoms with Gasteiger partial charge in [-0.15, -0.1) is 0 Å². The number of hydrogen-bond acceptors (Lipinski definition) is 2. The molecule has 0 amide bonds. The summed E-state index contributed by atoms with van der Waals surface area (Å²) < 4.78 is 0. The molecule has 1 aliphatic rings. The van der Waals surface area contributed by atoms with Crippen LogP contribution in [0.15, 0.2) is 0 Å². The minimum Gasteiger partial charge on any atom is -0.396 e. The van der Waals surface area contributed by atoms with E-state index in [9.17, 15) is 0 Å². The van der Waals surface area contributed by atoms with Gasteiger partial charge in [-0.2, -0.15) is 0 Å². The van der Waals surface area contributed by atoms with Gasteiger partial charge in [0.05, 0.1) is 0 Å². The normalized spacial score (nSPS) is 28.0. The first-order valence-corrected chi connectivity index (χ1v) is 6.46. The first-order valence-electron chi connectivity index (χ1n) is 6.46. The van der Waals surface area contributed by atoms with Crippen molar-refractivity contribution in [3.05, 3.63) is 0 Å². The van der Waals surface area contributed by atoms with Crippen molar-refractivity contribution in [2.75, 3.05) is 6.61 Å². The second-order valence-electron chi connectivity index (χ2n) is 5.63. The van der Waals surface area contributed by atoms with Gasteiger partial charge in [0, 0.05) is 18.2 Å². The van der Waals surface area contributed by atoms with Gasteiger partial charge in [0.15, 0.2) is 0 Å². The molecule has 0 aromatic carbocycles. The lowest BCUT2D eigenvalue weighted by Crippen LogP contribution is -2.47. The van der Waals surface area contributed by atoms with Gasteiger partial charge < -0.3 is 10.4 Å². The van der Waals surface area contributed by atoms with E-state index >= 15 is 0 Å². The van der Waals surface area contributed by atoms with Crippen LogP contribution in [0.25, 0.3) is 0 Å². The van der Waals surface area contributed by atoms with E-state index in [2.05, 4.69) is 26.1 Å². The van der Waals surface area contributed by atoms with Crippen molar-refractivity contribution < 1.29 is 5.11 Å². The molecule has 15 heavy (non-hydrogen) atoms. The molecule has 2 nitrogen and oxygen atoms in total. The van der Waals surface area contributed by atoms with Gasteiger partial charge in [-0.3, -0.25) is 0 Å². The minimum absolute atomic E-state index is 0.0957. The Bertz CT molecular complexity index is 171. The summed E-state index contributed by atoms with van der Waals surface area (Å²) in [6.45, 7) is 6.96. The highest BCUT2D eigenvalue weighted by Crippen LogP contribution is 2.27. The molecule has 0 heterocycles. The van der Waals surface area contributed by atoms with E-state index < -0.39 is 0 Å². The van der Waals surface area contributed by atoms with Crippen LogP contribution in [0.1, 0.15) is 59.3 Å². The number of nitrogens with one attached hydrogen (secondary N) is 1. The Morgan fingerprint density at radius 3 is 2.27 bits per heavy atom. The third-order valence-corrected chi connectivity index (χ3v) is 3.76. The highest BCUT2D eigenvalue weighted by atomic mass is 16.3. The summed E-state index contributed by atoms with van der Waals surface area (Å²) in [6.07, 6.45) is 7.57. The highest BCUT2D eigenvalue weighted by molar-refractivity contribution is 4.85. The lowest BCUT2D eigenvalue weighted by Gasteiger charge is -2.35. The number of aliphatic hydroxyl groups is 1. The van der Waals surface area contributed by atoms with Crippen LogP contribution >= 0.6 is 0 Å². The van der Waals surface area contributed by atoms with Gasteiger partial charge in [0.1, 0.15) is 0 Å². The van der Waals surface area contributed by atoms with E-state index in [1.807, 2.05) is 0 Å². The van der Waals surface area contributed by atoms with Crippen molar-refractivity contribution in [1.29, 1.82) is 0 Å². The van der Waals surface area contributed by atoms with Crippen LogP contribution in [0, 0.1) is 5.92 Å². The molecule has 2 N–H and O–H groups in total. The Balaban J connectivity index is 2.28. The molecule has 90 valence electrons. The smallest absolute Gasteiger partial charge is 0.0448 e. The molecule has 1 rings (SSSR count). The predicted molar refractivity (Wildman–Crippen MR) is 65.0 cm³/mol. The summed E-state index contributed by atoms with van der Waals surface area (Å²) >= 11 is 0. The van der Waals surface area contributed by atoms with Crippen LogP contribution in [0.3, 0.4) is 0 Å². The van der Waals surface area contributed by atoms with Crippen LogP contribution in [-0.4, -0.2) is 23.3 Å². The Kier molecular flexibility index (Phi) is 5.07. The molecule has 1 saturated carbocycles. The van der Waals surface area contributed by atoms with Crippen LogP contribution in [0.2, 0.25) is 0 Å². The maximum absolute atomic E-state index is 8.97. The molecule has 1 fully saturated rings. The van der Waals surface area contributed by atoms with Crippen molar-refractivity contribution in [3.63, 3.8) is 0 Å². The Morgan fingerprint density at radius 1 is 1.20 bits per heavy atom. The van der Waals surface area contributed by atoms with E-state index in [0.29, 0.717) is 6.04 Å². The molecule has 0 bridgehead atoms. The molecular weight excluding hydrogens is 186 g/mol. The number of rotatable bonds is 5. The molecule has 0 saturated heterocycles. The first kappa shape index (κ1) is 13.0. The van der Waals surface area contributed by atoms with E-state index in [1.165, 1.54) is 32.1 Å². The van der Waals surface area contributed by atoms with Crippen molar-refractivity contribution >= 4 is 0 Å². The third kappa shape index (κ3) is 4.52. The molecule has 0 radical (unpaired) electrons. The molecule has 2 heteroatoms. The average Bonchev–Trinajstić information content (AvgIpc) is 2.18. The van der Waals surface area contributed by atoms with Gasteiger partial charge in [-0.1, -0.05) is 13.3 Å². The zero-order chi connectivity index (χ0) is 11.3. The molecule has 0 unspecified atom stereocenters. The molecular formula is C13H27NO. The Morgan fingerprint density at radius 2 is 1.80 bits per heavy atom. The van der Waals surface area contributed by atoms with Gasteiger partial charge in [-0.25, -0.2) is 0 Å². The van der Waals surface area contributed by atoms with Crippen LogP contribution in [-0.2, 0) is 0 Å². The van der Waals surface area contributed by atoms with Crippen LogP contribution in [0.5, 0.6) is 0 Å². The second-order valence-corrected chi connectivity index (χ2v) is 5.63. The summed E-state index contributed by atoms with van der Waals surface area (Å²) in [6, 6.07) is 0.675. The zero-order valence-electron chi connectivity index (χ0n) is 10.6. The fourth-order valence-corrected chi connectivity index (χ4v) is 2.62. The SMILES string of the molecule is CCC1CCC(NC(C)(C)CCO)CC1. The average molecular weight is 213 g/mol. The summed E-state index contributed by atoms with van der Waals surface area (Å²) in [5, 5.41) is 12.7. The fraction of sp³-hybridized carbons (Fsp3) is 1.00. The van der Waals surface area contributed by atoms with E-state index in [4.69, 9.17) is 5.11 Å². The van der Waals surface area contributed by atoms with E-state index in [0.717, 1.165) is 12.3 Å². The number of aliphatic hydroxyl groups excluding tert-OH is 1.